The summed E-state index contributed by atoms with van der Waals surface area (Å²) < 4.78 is 0. The Kier molecular flexibility index (Phi) is 3.73. The van der Waals surface area contributed by atoms with Gasteiger partial charge in [0.15, 0.2) is 5.54 Å². The molecule has 0 radical (unpaired) electrons. The molecule has 0 aromatic heterocycles. The van der Waals surface area contributed by atoms with Gasteiger partial charge in [-0.1, -0.05) is 47.5 Å². The Balaban J connectivity index is 1.71. The van der Waals surface area contributed by atoms with Gasteiger partial charge < -0.3 is 10.2 Å². The number of carbonyl (C=O) groups is 3. The lowest BCUT2D eigenvalue weighted by molar-refractivity contribution is -0.124. The Morgan fingerprint density at radius 2 is 1.85 bits per heavy atom. The molecule has 26 heavy (non-hydrogen) atoms. The molecular formula is C19H16ClN3O3. The Bertz CT molecular complexity index is 942. The first-order chi connectivity index (χ1) is 12.4. The summed E-state index contributed by atoms with van der Waals surface area (Å²) in [5, 5.41) is 5.50. The lowest BCUT2D eigenvalue weighted by Crippen LogP contribution is -2.52. The van der Waals surface area contributed by atoms with Crippen LogP contribution in [0.4, 0.5) is 4.79 Å². The molecule has 4 amide bonds. The number of amides is 4. The van der Waals surface area contributed by atoms with Crippen LogP contribution < -0.4 is 10.6 Å². The van der Waals surface area contributed by atoms with E-state index in [0.717, 1.165) is 11.1 Å². The van der Waals surface area contributed by atoms with Crippen LogP contribution in [0.25, 0.3) is 0 Å². The molecular weight excluding hydrogens is 354 g/mol. The molecule has 0 saturated carbocycles. The van der Waals surface area contributed by atoms with E-state index in [1.165, 1.54) is 0 Å². The van der Waals surface area contributed by atoms with E-state index in [-0.39, 0.29) is 12.5 Å². The Morgan fingerprint density at radius 3 is 2.50 bits per heavy atom. The molecule has 1 saturated heterocycles. The van der Waals surface area contributed by atoms with Crippen LogP contribution in [0.5, 0.6) is 0 Å². The van der Waals surface area contributed by atoms with Crippen molar-refractivity contribution in [3.8, 4) is 0 Å². The average molecular weight is 370 g/mol. The minimum Gasteiger partial charge on any atom is -0.331 e. The van der Waals surface area contributed by atoms with Crippen molar-refractivity contribution in [1.29, 1.82) is 0 Å². The topological polar surface area (TPSA) is 78.5 Å². The SMILES string of the molecule is Cc1ccc([C@]2(CN3Cc4ccc(Cl)cc4C3=O)NC(=O)NC2=O)cc1. The second-order valence-electron chi connectivity index (χ2n) is 6.64. The molecule has 2 aliphatic heterocycles. The molecule has 0 spiro atoms. The highest BCUT2D eigenvalue weighted by Crippen LogP contribution is 2.32. The van der Waals surface area contributed by atoms with Gasteiger partial charge in [-0.25, -0.2) is 4.79 Å². The van der Waals surface area contributed by atoms with Crippen molar-refractivity contribution >= 4 is 29.4 Å². The van der Waals surface area contributed by atoms with Crippen LogP contribution in [-0.4, -0.2) is 29.3 Å². The van der Waals surface area contributed by atoms with Crippen molar-refractivity contribution in [2.24, 2.45) is 0 Å². The molecule has 6 nitrogen and oxygen atoms in total. The van der Waals surface area contributed by atoms with Gasteiger partial charge in [0.25, 0.3) is 11.8 Å². The molecule has 2 aromatic rings. The summed E-state index contributed by atoms with van der Waals surface area (Å²) in [4.78, 5) is 38.9. The van der Waals surface area contributed by atoms with Crippen LogP contribution >= 0.6 is 11.6 Å². The van der Waals surface area contributed by atoms with Gasteiger partial charge in [0.2, 0.25) is 0 Å². The lowest BCUT2D eigenvalue weighted by Gasteiger charge is -2.31. The molecule has 1 atom stereocenters. The van der Waals surface area contributed by atoms with Gasteiger partial charge in [0, 0.05) is 17.1 Å². The molecule has 0 unspecified atom stereocenters. The minimum atomic E-state index is -1.31. The van der Waals surface area contributed by atoms with Gasteiger partial charge in [-0.2, -0.15) is 0 Å². The van der Waals surface area contributed by atoms with E-state index in [0.29, 0.717) is 22.7 Å². The van der Waals surface area contributed by atoms with E-state index in [9.17, 15) is 14.4 Å². The fourth-order valence-corrected chi connectivity index (χ4v) is 3.66. The molecule has 0 bridgehead atoms. The molecule has 4 rings (SSSR count). The summed E-state index contributed by atoms with van der Waals surface area (Å²) in [5.41, 5.74) is 1.73. The summed E-state index contributed by atoms with van der Waals surface area (Å²) in [6.45, 7) is 2.34. The van der Waals surface area contributed by atoms with Crippen molar-refractivity contribution in [3.05, 3.63) is 69.7 Å². The molecule has 1 fully saturated rings. The quantitative estimate of drug-likeness (QED) is 0.815. The smallest absolute Gasteiger partial charge is 0.322 e. The number of nitrogens with one attached hydrogen (secondary N) is 2. The van der Waals surface area contributed by atoms with Gasteiger partial charge >= 0.3 is 6.03 Å². The molecule has 7 heteroatoms. The highest BCUT2D eigenvalue weighted by atomic mass is 35.5. The van der Waals surface area contributed by atoms with Crippen LogP contribution in [-0.2, 0) is 16.9 Å². The van der Waals surface area contributed by atoms with Crippen LogP contribution in [0, 0.1) is 6.92 Å². The van der Waals surface area contributed by atoms with Crippen molar-refractivity contribution in [2.75, 3.05) is 6.54 Å². The third-order valence-electron chi connectivity index (χ3n) is 4.86. The summed E-state index contributed by atoms with van der Waals surface area (Å²) in [7, 11) is 0. The van der Waals surface area contributed by atoms with E-state index >= 15 is 0 Å². The highest BCUT2D eigenvalue weighted by molar-refractivity contribution is 6.31. The van der Waals surface area contributed by atoms with Crippen LogP contribution in [0.1, 0.15) is 27.0 Å². The third kappa shape index (κ3) is 2.54. The number of halogens is 1. The lowest BCUT2D eigenvalue weighted by atomic mass is 9.88. The van der Waals surface area contributed by atoms with Gasteiger partial charge in [0.05, 0.1) is 6.54 Å². The van der Waals surface area contributed by atoms with Crippen molar-refractivity contribution in [1.82, 2.24) is 15.5 Å². The zero-order valence-electron chi connectivity index (χ0n) is 14.0. The predicted molar refractivity (Wildman–Crippen MR) is 95.7 cm³/mol. The van der Waals surface area contributed by atoms with E-state index < -0.39 is 17.5 Å². The first kappa shape index (κ1) is 16.6. The van der Waals surface area contributed by atoms with E-state index in [1.54, 1.807) is 35.2 Å². The van der Waals surface area contributed by atoms with Crippen LogP contribution in [0.3, 0.4) is 0 Å². The molecule has 2 aromatic carbocycles. The van der Waals surface area contributed by atoms with Crippen LogP contribution in [0.2, 0.25) is 5.02 Å². The number of rotatable bonds is 3. The number of carbonyl (C=O) groups excluding carboxylic acids is 3. The van der Waals surface area contributed by atoms with Crippen molar-refractivity contribution in [3.63, 3.8) is 0 Å². The summed E-state index contributed by atoms with van der Waals surface area (Å²) in [6.07, 6.45) is 0. The monoisotopic (exact) mass is 369 g/mol. The standard InChI is InChI=1S/C19H16ClN3O3/c1-11-2-5-13(6-3-11)19(17(25)21-18(26)22-19)10-23-9-12-4-7-14(20)8-15(12)16(23)24/h2-8H,9-10H2,1H3,(H2,21,22,25,26)/t19-/m0/s1. The predicted octanol–water partition coefficient (Wildman–Crippen LogP) is 2.34. The van der Waals surface area contributed by atoms with Crippen LogP contribution in [0.15, 0.2) is 42.5 Å². The largest absolute Gasteiger partial charge is 0.331 e. The van der Waals surface area contributed by atoms with Gasteiger partial charge in [0.1, 0.15) is 0 Å². The maximum Gasteiger partial charge on any atom is 0.322 e. The van der Waals surface area contributed by atoms with E-state index in [2.05, 4.69) is 10.6 Å². The second kappa shape index (κ2) is 5.85. The Labute approximate surface area is 155 Å². The van der Waals surface area contributed by atoms with Gasteiger partial charge in [-0.15, -0.1) is 0 Å². The summed E-state index contributed by atoms with van der Waals surface area (Å²) in [6, 6.07) is 11.9. The molecule has 2 aliphatic rings. The number of benzene rings is 2. The highest BCUT2D eigenvalue weighted by Gasteiger charge is 2.50. The molecule has 2 N–H and O–H groups in total. The number of hydrogen-bond donors (Lipinski definition) is 2. The zero-order chi connectivity index (χ0) is 18.5. The average Bonchev–Trinajstić information content (AvgIpc) is 3.06. The molecule has 0 aliphatic carbocycles. The summed E-state index contributed by atoms with van der Waals surface area (Å²) in [5.74, 6) is -0.670. The summed E-state index contributed by atoms with van der Waals surface area (Å²) >= 11 is 6.00. The number of aryl methyl sites for hydroxylation is 1. The molecule has 2 heterocycles. The maximum absolute atomic E-state index is 12.8. The van der Waals surface area contributed by atoms with Crippen molar-refractivity contribution < 1.29 is 14.4 Å². The number of nitrogens with zero attached hydrogens (tertiary/aromatic N) is 1. The third-order valence-corrected chi connectivity index (χ3v) is 5.10. The first-order valence-corrected chi connectivity index (χ1v) is 8.55. The maximum atomic E-state index is 12.8. The van der Waals surface area contributed by atoms with E-state index in [4.69, 9.17) is 11.6 Å². The van der Waals surface area contributed by atoms with Gasteiger partial charge in [-0.05, 0) is 30.2 Å². The number of imide groups is 1. The second-order valence-corrected chi connectivity index (χ2v) is 7.08. The number of urea groups is 1. The van der Waals surface area contributed by atoms with E-state index in [1.807, 2.05) is 19.1 Å². The van der Waals surface area contributed by atoms with Crippen molar-refractivity contribution in [2.45, 2.75) is 19.0 Å². The molecule has 132 valence electrons. The fourth-order valence-electron chi connectivity index (χ4n) is 3.48. The fraction of sp³-hybridized carbons (Fsp3) is 0.211. The van der Waals surface area contributed by atoms with Gasteiger partial charge in [-0.3, -0.25) is 14.9 Å². The first-order valence-electron chi connectivity index (χ1n) is 8.17. The zero-order valence-corrected chi connectivity index (χ0v) is 14.8. The normalized spacial score (nSPS) is 21.6. The number of hydrogen-bond acceptors (Lipinski definition) is 3. The number of fused-ring (bicyclic) bond motifs is 1. The Morgan fingerprint density at radius 1 is 1.12 bits per heavy atom. The Hall–Kier alpha value is -2.86. The minimum absolute atomic E-state index is 0.0404.